The average molecular weight is 139 g/mol. The third-order valence-corrected chi connectivity index (χ3v) is 0.792. The number of rotatable bonds is 3. The lowest BCUT2D eigenvalue weighted by Gasteiger charge is -2.05. The SMILES string of the molecule is COC(OC)C(=O)Cl. The van der Waals surface area contributed by atoms with Crippen molar-refractivity contribution in [1.29, 1.82) is 0 Å². The van der Waals surface area contributed by atoms with Crippen LogP contribution >= 0.6 is 11.6 Å². The van der Waals surface area contributed by atoms with Crippen molar-refractivity contribution in [2.24, 2.45) is 0 Å². The van der Waals surface area contributed by atoms with Gasteiger partial charge in [-0.15, -0.1) is 0 Å². The second kappa shape index (κ2) is 3.83. The van der Waals surface area contributed by atoms with Gasteiger partial charge in [-0.3, -0.25) is 4.79 Å². The Bertz CT molecular complexity index is 79.4. The van der Waals surface area contributed by atoms with E-state index in [1.165, 1.54) is 14.2 Å². The van der Waals surface area contributed by atoms with Crippen molar-refractivity contribution in [1.82, 2.24) is 0 Å². The van der Waals surface area contributed by atoms with Crippen molar-refractivity contribution in [2.45, 2.75) is 6.29 Å². The highest BCUT2D eigenvalue weighted by Gasteiger charge is 2.11. The van der Waals surface area contributed by atoms with Gasteiger partial charge in [0.25, 0.3) is 5.24 Å². The van der Waals surface area contributed by atoms with Crippen LogP contribution in [0.15, 0.2) is 0 Å². The summed E-state index contributed by atoms with van der Waals surface area (Å²) >= 11 is 4.96. The van der Waals surface area contributed by atoms with Crippen molar-refractivity contribution in [3.63, 3.8) is 0 Å². The van der Waals surface area contributed by atoms with Gasteiger partial charge in [-0.25, -0.2) is 0 Å². The van der Waals surface area contributed by atoms with Crippen LogP contribution in [0.1, 0.15) is 0 Å². The lowest BCUT2D eigenvalue weighted by Crippen LogP contribution is -2.19. The van der Waals surface area contributed by atoms with Crippen LogP contribution in [0.3, 0.4) is 0 Å². The van der Waals surface area contributed by atoms with Crippen LogP contribution < -0.4 is 0 Å². The first kappa shape index (κ1) is 7.88. The quantitative estimate of drug-likeness (QED) is 0.418. The van der Waals surface area contributed by atoms with Gasteiger partial charge < -0.3 is 9.47 Å². The molecule has 0 saturated heterocycles. The lowest BCUT2D eigenvalue weighted by atomic mass is 10.7. The van der Waals surface area contributed by atoms with Crippen molar-refractivity contribution in [3.05, 3.63) is 0 Å². The van der Waals surface area contributed by atoms with Crippen molar-refractivity contribution in [3.8, 4) is 0 Å². The van der Waals surface area contributed by atoms with E-state index >= 15 is 0 Å². The molecule has 0 atom stereocenters. The number of ether oxygens (including phenoxy) is 2. The molecule has 0 amide bonds. The van der Waals surface area contributed by atoms with E-state index in [0.717, 1.165) is 0 Å². The summed E-state index contributed by atoms with van der Waals surface area (Å²) < 4.78 is 8.91. The third-order valence-electron chi connectivity index (χ3n) is 0.613. The van der Waals surface area contributed by atoms with Gasteiger partial charge >= 0.3 is 0 Å². The predicted octanol–water partition coefficient (Wildman–Crippen LogP) is 0.371. The van der Waals surface area contributed by atoms with E-state index < -0.39 is 11.5 Å². The molecular weight excluding hydrogens is 131 g/mol. The zero-order chi connectivity index (χ0) is 6.57. The van der Waals surface area contributed by atoms with Crippen molar-refractivity contribution < 1.29 is 14.3 Å². The minimum absolute atomic E-state index is 0.644. The molecule has 3 nitrogen and oxygen atoms in total. The Morgan fingerprint density at radius 2 is 1.88 bits per heavy atom. The molecule has 0 fully saturated rings. The molecule has 0 radical (unpaired) electrons. The van der Waals surface area contributed by atoms with Crippen LogP contribution in [0.25, 0.3) is 0 Å². The lowest BCUT2D eigenvalue weighted by molar-refractivity contribution is -0.147. The fourth-order valence-electron chi connectivity index (χ4n) is 0.282. The summed E-state index contributed by atoms with van der Waals surface area (Å²) in [7, 11) is 2.68. The van der Waals surface area contributed by atoms with Crippen LogP contribution in [-0.4, -0.2) is 25.8 Å². The second-order valence-corrected chi connectivity index (χ2v) is 1.48. The van der Waals surface area contributed by atoms with Gasteiger partial charge in [-0.05, 0) is 11.6 Å². The fourth-order valence-corrected chi connectivity index (χ4v) is 0.460. The van der Waals surface area contributed by atoms with Crippen molar-refractivity contribution >= 4 is 16.8 Å². The Balaban J connectivity index is 3.52. The molecule has 0 aliphatic rings. The molecule has 4 heteroatoms. The van der Waals surface area contributed by atoms with E-state index in [1.54, 1.807) is 0 Å². The van der Waals surface area contributed by atoms with Crippen molar-refractivity contribution in [2.75, 3.05) is 14.2 Å². The zero-order valence-corrected chi connectivity index (χ0v) is 5.44. The third kappa shape index (κ3) is 2.26. The maximum absolute atomic E-state index is 10.1. The number of methoxy groups -OCH3 is 2. The van der Waals surface area contributed by atoms with Gasteiger partial charge in [0.1, 0.15) is 0 Å². The van der Waals surface area contributed by atoms with E-state index in [9.17, 15) is 4.79 Å². The molecule has 0 aromatic rings. The Morgan fingerprint density at radius 3 is 1.88 bits per heavy atom. The van der Waals surface area contributed by atoms with Gasteiger partial charge in [0.15, 0.2) is 0 Å². The number of carbonyl (C=O) groups excluding carboxylic acids is 1. The molecule has 48 valence electrons. The summed E-state index contributed by atoms with van der Waals surface area (Å²) in [6, 6.07) is 0. The number of hydrogen-bond donors (Lipinski definition) is 0. The van der Waals surface area contributed by atoms with Gasteiger partial charge in [-0.1, -0.05) is 0 Å². The molecule has 0 heterocycles. The predicted molar refractivity (Wildman–Crippen MR) is 28.7 cm³/mol. The molecule has 0 aliphatic heterocycles. The molecule has 0 N–H and O–H groups in total. The van der Waals surface area contributed by atoms with E-state index in [0.29, 0.717) is 0 Å². The van der Waals surface area contributed by atoms with Gasteiger partial charge in [0.2, 0.25) is 6.29 Å². The molecule has 0 aliphatic carbocycles. The molecule has 0 saturated carbocycles. The highest BCUT2D eigenvalue weighted by Crippen LogP contribution is 1.94. The number of hydrogen-bond acceptors (Lipinski definition) is 3. The fraction of sp³-hybridized carbons (Fsp3) is 0.750. The molecule has 0 rings (SSSR count). The van der Waals surface area contributed by atoms with Gasteiger partial charge in [0.05, 0.1) is 0 Å². The first-order valence-electron chi connectivity index (χ1n) is 1.97. The topological polar surface area (TPSA) is 35.5 Å². The first-order chi connectivity index (χ1) is 3.72. The minimum Gasteiger partial charge on any atom is -0.348 e. The average Bonchev–Trinajstić information content (AvgIpc) is 1.69. The molecule has 0 unspecified atom stereocenters. The number of halogens is 1. The zero-order valence-electron chi connectivity index (χ0n) is 4.68. The molecule has 0 aromatic heterocycles. The normalized spacial score (nSPS) is 10.0. The smallest absolute Gasteiger partial charge is 0.278 e. The van der Waals surface area contributed by atoms with Crippen LogP contribution in [0.2, 0.25) is 0 Å². The summed E-state index contributed by atoms with van der Waals surface area (Å²) in [5.74, 6) is 0. The summed E-state index contributed by atoms with van der Waals surface area (Å²) in [5, 5.41) is -0.644. The summed E-state index contributed by atoms with van der Waals surface area (Å²) in [6.07, 6.45) is -0.920. The Hall–Kier alpha value is -0.120. The highest BCUT2D eigenvalue weighted by molar-refractivity contribution is 6.64. The molecule has 0 bridgehead atoms. The van der Waals surface area contributed by atoms with Crippen LogP contribution in [0, 0.1) is 0 Å². The summed E-state index contributed by atoms with van der Waals surface area (Å²) in [6.45, 7) is 0. The van der Waals surface area contributed by atoms with E-state index in [-0.39, 0.29) is 0 Å². The van der Waals surface area contributed by atoms with E-state index in [2.05, 4.69) is 9.47 Å². The Morgan fingerprint density at radius 1 is 1.50 bits per heavy atom. The first-order valence-corrected chi connectivity index (χ1v) is 2.35. The van der Waals surface area contributed by atoms with Crippen LogP contribution in [-0.2, 0) is 14.3 Å². The Labute approximate surface area is 52.5 Å². The number of carbonyl (C=O) groups is 1. The molecule has 0 spiro atoms. The largest absolute Gasteiger partial charge is 0.348 e. The van der Waals surface area contributed by atoms with Crippen LogP contribution in [0.5, 0.6) is 0 Å². The summed E-state index contributed by atoms with van der Waals surface area (Å²) in [4.78, 5) is 10.1. The second-order valence-electron chi connectivity index (χ2n) is 1.11. The monoisotopic (exact) mass is 138 g/mol. The molecule has 0 aromatic carbocycles. The maximum Gasteiger partial charge on any atom is 0.278 e. The van der Waals surface area contributed by atoms with Gasteiger partial charge in [-0.2, -0.15) is 0 Å². The maximum atomic E-state index is 10.1. The standard InChI is InChI=1S/C4H7ClO3/c1-7-4(8-2)3(5)6/h4H,1-2H3. The molecular formula is C4H7ClO3. The molecule has 8 heavy (non-hydrogen) atoms. The Kier molecular flexibility index (Phi) is 3.77. The minimum atomic E-state index is -0.920. The van der Waals surface area contributed by atoms with Gasteiger partial charge in [0, 0.05) is 14.2 Å². The van der Waals surface area contributed by atoms with E-state index in [4.69, 9.17) is 11.6 Å². The van der Waals surface area contributed by atoms with E-state index in [1.807, 2.05) is 0 Å². The highest BCUT2D eigenvalue weighted by atomic mass is 35.5. The summed E-state index contributed by atoms with van der Waals surface area (Å²) in [5.41, 5.74) is 0. The van der Waals surface area contributed by atoms with Crippen LogP contribution in [0.4, 0.5) is 0 Å².